The summed E-state index contributed by atoms with van der Waals surface area (Å²) in [6.45, 7) is 12.4. The second-order valence-corrected chi connectivity index (χ2v) is 6.87. The van der Waals surface area contributed by atoms with Gasteiger partial charge in [-0.2, -0.15) is 5.10 Å². The molecule has 1 heterocycles. The first-order chi connectivity index (χ1) is 10.1. The fraction of sp³-hybridized carbons (Fsp3) is 0.833. The lowest BCUT2D eigenvalue weighted by Crippen LogP contribution is -2.23. The van der Waals surface area contributed by atoms with E-state index in [4.69, 9.17) is 5.10 Å². The highest BCUT2D eigenvalue weighted by atomic mass is 15.3. The Morgan fingerprint density at radius 1 is 1.29 bits per heavy atom. The number of nitrogens with zero attached hydrogens (tertiary/aromatic N) is 2. The van der Waals surface area contributed by atoms with Crippen molar-refractivity contribution < 1.29 is 0 Å². The summed E-state index contributed by atoms with van der Waals surface area (Å²) in [6, 6.07) is 1.07. The van der Waals surface area contributed by atoms with Gasteiger partial charge in [0.15, 0.2) is 0 Å². The summed E-state index contributed by atoms with van der Waals surface area (Å²) in [4.78, 5) is 0. The van der Waals surface area contributed by atoms with E-state index >= 15 is 0 Å². The summed E-state index contributed by atoms with van der Waals surface area (Å²) in [7, 11) is 0. The van der Waals surface area contributed by atoms with Crippen molar-refractivity contribution in [2.45, 2.75) is 85.2 Å². The van der Waals surface area contributed by atoms with Crippen molar-refractivity contribution in [2.24, 2.45) is 5.92 Å². The number of rotatable bonds is 6. The van der Waals surface area contributed by atoms with E-state index in [0.29, 0.717) is 12.1 Å². The summed E-state index contributed by atoms with van der Waals surface area (Å²) in [5, 5.41) is 8.61. The summed E-state index contributed by atoms with van der Waals surface area (Å²) in [5.41, 5.74) is 4.06. The van der Waals surface area contributed by atoms with Crippen LogP contribution in [0, 0.1) is 19.8 Å². The summed E-state index contributed by atoms with van der Waals surface area (Å²) in [6.07, 6.45) is 7.64. The van der Waals surface area contributed by atoms with Crippen LogP contribution in [0.1, 0.15) is 88.3 Å². The van der Waals surface area contributed by atoms with Crippen molar-refractivity contribution >= 4 is 0 Å². The molecule has 1 aliphatic carbocycles. The molecule has 2 rings (SSSR count). The highest BCUT2D eigenvalue weighted by Crippen LogP contribution is 2.35. The van der Waals surface area contributed by atoms with Crippen LogP contribution in [0.5, 0.6) is 0 Å². The van der Waals surface area contributed by atoms with Gasteiger partial charge in [-0.05, 0) is 52.0 Å². The Balaban J connectivity index is 2.23. The molecule has 1 saturated carbocycles. The first-order valence-electron chi connectivity index (χ1n) is 8.87. The molecular weight excluding hydrogens is 258 g/mol. The Bertz CT molecular complexity index is 450. The van der Waals surface area contributed by atoms with Crippen molar-refractivity contribution in [3.63, 3.8) is 0 Å². The molecule has 1 aliphatic rings. The Labute approximate surface area is 130 Å². The molecule has 0 radical (unpaired) electrons. The zero-order valence-corrected chi connectivity index (χ0v) is 14.6. The minimum absolute atomic E-state index is 0.458. The molecule has 0 amide bonds. The van der Waals surface area contributed by atoms with Gasteiger partial charge in [0.05, 0.1) is 11.7 Å². The van der Waals surface area contributed by atoms with Gasteiger partial charge in [-0.1, -0.05) is 33.6 Å². The lowest BCUT2D eigenvalue weighted by atomic mass is 9.87. The highest BCUT2D eigenvalue weighted by Gasteiger charge is 2.26. The largest absolute Gasteiger partial charge is 0.310 e. The molecule has 3 unspecified atom stereocenters. The van der Waals surface area contributed by atoms with Crippen molar-refractivity contribution in [1.82, 2.24) is 15.1 Å². The molecular formula is C18H33N3. The van der Waals surface area contributed by atoms with Crippen LogP contribution < -0.4 is 5.32 Å². The molecule has 120 valence electrons. The maximum absolute atomic E-state index is 4.92. The number of aromatic nitrogens is 2. The molecule has 3 nitrogen and oxygen atoms in total. The molecule has 0 aromatic carbocycles. The summed E-state index contributed by atoms with van der Waals surface area (Å²) < 4.78 is 2.34. The predicted molar refractivity (Wildman–Crippen MR) is 89.7 cm³/mol. The number of aryl methyl sites for hydroxylation is 1. The number of hydrogen-bond donors (Lipinski definition) is 1. The van der Waals surface area contributed by atoms with Crippen molar-refractivity contribution in [3.05, 3.63) is 17.0 Å². The second-order valence-electron chi connectivity index (χ2n) is 6.87. The molecule has 0 spiro atoms. The number of hydrogen-bond acceptors (Lipinski definition) is 2. The van der Waals surface area contributed by atoms with E-state index in [-0.39, 0.29) is 0 Å². The lowest BCUT2D eigenvalue weighted by molar-refractivity contribution is 0.262. The predicted octanol–water partition coefficient (Wildman–Crippen LogP) is 4.70. The Morgan fingerprint density at radius 3 is 2.67 bits per heavy atom. The molecule has 0 bridgehead atoms. The van der Waals surface area contributed by atoms with E-state index in [9.17, 15) is 0 Å². The van der Waals surface area contributed by atoms with E-state index < -0.39 is 0 Å². The van der Waals surface area contributed by atoms with Crippen LogP contribution in [-0.2, 0) is 0 Å². The quantitative estimate of drug-likeness (QED) is 0.823. The van der Waals surface area contributed by atoms with Crippen LogP contribution in [0.25, 0.3) is 0 Å². The van der Waals surface area contributed by atoms with Gasteiger partial charge >= 0.3 is 0 Å². The monoisotopic (exact) mass is 291 g/mol. The molecule has 1 N–H and O–H groups in total. The average Bonchev–Trinajstić information content (AvgIpc) is 2.76. The topological polar surface area (TPSA) is 29.9 Å². The Hall–Kier alpha value is -0.830. The van der Waals surface area contributed by atoms with Crippen LogP contribution in [0.3, 0.4) is 0 Å². The van der Waals surface area contributed by atoms with Gasteiger partial charge in [-0.25, -0.2) is 0 Å². The van der Waals surface area contributed by atoms with Gasteiger partial charge in [0.2, 0.25) is 0 Å². The van der Waals surface area contributed by atoms with E-state index in [1.54, 1.807) is 0 Å². The number of nitrogens with one attached hydrogen (secondary N) is 1. The normalized spacial score (nSPS) is 24.2. The standard InChI is InChI=1S/C18H33N3/c1-6-11-19-17(7-2)18-14(4)20-21(15(18)5)16-10-8-9-13(3)12-16/h13,16-17,19H,6-12H2,1-5H3. The van der Waals surface area contributed by atoms with Crippen molar-refractivity contribution in [2.75, 3.05) is 6.54 Å². The first-order valence-corrected chi connectivity index (χ1v) is 8.87. The summed E-state index contributed by atoms with van der Waals surface area (Å²) in [5.74, 6) is 0.844. The lowest BCUT2D eigenvalue weighted by Gasteiger charge is -2.28. The molecule has 0 saturated heterocycles. The van der Waals surface area contributed by atoms with Gasteiger partial charge in [0, 0.05) is 17.3 Å². The van der Waals surface area contributed by atoms with E-state index in [1.165, 1.54) is 49.1 Å². The van der Waals surface area contributed by atoms with Crippen LogP contribution in [-0.4, -0.2) is 16.3 Å². The van der Waals surface area contributed by atoms with Crippen molar-refractivity contribution in [3.8, 4) is 0 Å². The Morgan fingerprint density at radius 2 is 2.05 bits per heavy atom. The van der Waals surface area contributed by atoms with Gasteiger partial charge in [0.25, 0.3) is 0 Å². The van der Waals surface area contributed by atoms with Crippen LogP contribution in [0.15, 0.2) is 0 Å². The molecule has 1 aromatic rings. The van der Waals surface area contributed by atoms with Crippen LogP contribution in [0.2, 0.25) is 0 Å². The van der Waals surface area contributed by atoms with Crippen LogP contribution in [0.4, 0.5) is 0 Å². The van der Waals surface area contributed by atoms with E-state index in [1.807, 2.05) is 0 Å². The Kier molecular flexibility index (Phi) is 5.86. The highest BCUT2D eigenvalue weighted by molar-refractivity contribution is 5.28. The minimum Gasteiger partial charge on any atom is -0.310 e. The molecule has 0 aliphatic heterocycles. The minimum atomic E-state index is 0.458. The zero-order valence-electron chi connectivity index (χ0n) is 14.6. The smallest absolute Gasteiger partial charge is 0.0644 e. The van der Waals surface area contributed by atoms with E-state index in [2.05, 4.69) is 44.6 Å². The maximum Gasteiger partial charge on any atom is 0.0644 e. The third-order valence-electron chi connectivity index (χ3n) is 5.03. The summed E-state index contributed by atoms with van der Waals surface area (Å²) >= 11 is 0. The SMILES string of the molecule is CCCNC(CC)c1c(C)nn(C2CCCC(C)C2)c1C. The zero-order chi connectivity index (χ0) is 15.4. The molecule has 21 heavy (non-hydrogen) atoms. The van der Waals surface area contributed by atoms with Gasteiger partial charge < -0.3 is 5.32 Å². The third kappa shape index (κ3) is 3.68. The van der Waals surface area contributed by atoms with Gasteiger partial charge in [-0.3, -0.25) is 4.68 Å². The van der Waals surface area contributed by atoms with E-state index in [0.717, 1.165) is 18.9 Å². The van der Waals surface area contributed by atoms with Gasteiger partial charge in [-0.15, -0.1) is 0 Å². The molecule has 3 atom stereocenters. The maximum atomic E-state index is 4.92. The molecule has 1 aromatic heterocycles. The first kappa shape index (κ1) is 16.5. The molecule has 1 fully saturated rings. The second kappa shape index (κ2) is 7.44. The van der Waals surface area contributed by atoms with Crippen LogP contribution >= 0.6 is 0 Å². The van der Waals surface area contributed by atoms with Gasteiger partial charge in [0.1, 0.15) is 0 Å². The molecule has 3 heteroatoms. The third-order valence-corrected chi connectivity index (χ3v) is 5.03. The fourth-order valence-corrected chi connectivity index (χ4v) is 3.93. The average molecular weight is 291 g/mol. The van der Waals surface area contributed by atoms with Crippen molar-refractivity contribution in [1.29, 1.82) is 0 Å². The fourth-order valence-electron chi connectivity index (χ4n) is 3.93.